The van der Waals surface area contributed by atoms with Gasteiger partial charge in [-0.15, -0.1) is 12.4 Å². The summed E-state index contributed by atoms with van der Waals surface area (Å²) in [7, 11) is 0. The zero-order chi connectivity index (χ0) is 15.2. The van der Waals surface area contributed by atoms with Crippen molar-refractivity contribution in [2.45, 2.75) is 25.8 Å². The topological polar surface area (TPSA) is 59.0 Å². The van der Waals surface area contributed by atoms with E-state index in [1.807, 2.05) is 41.2 Å². The first-order valence-corrected chi connectivity index (χ1v) is 7.88. The lowest BCUT2D eigenvalue weighted by Gasteiger charge is -2.12. The molecule has 0 aliphatic carbocycles. The average molecular weight is 335 g/mol. The third kappa shape index (κ3) is 4.81. The summed E-state index contributed by atoms with van der Waals surface area (Å²) >= 11 is 0. The highest BCUT2D eigenvalue weighted by atomic mass is 35.5. The van der Waals surface area contributed by atoms with Crippen molar-refractivity contribution < 1.29 is 4.79 Å². The Morgan fingerprint density at radius 1 is 1.35 bits per heavy atom. The summed E-state index contributed by atoms with van der Waals surface area (Å²) in [6.07, 6.45) is 6.43. The summed E-state index contributed by atoms with van der Waals surface area (Å²) in [5.41, 5.74) is 2.08. The first-order valence-electron chi connectivity index (χ1n) is 7.88. The van der Waals surface area contributed by atoms with E-state index in [4.69, 9.17) is 0 Å². The van der Waals surface area contributed by atoms with Crippen molar-refractivity contribution in [3.05, 3.63) is 48.3 Å². The van der Waals surface area contributed by atoms with Crippen LogP contribution in [0, 0.1) is 5.92 Å². The summed E-state index contributed by atoms with van der Waals surface area (Å²) in [5, 5.41) is 10.6. The number of para-hydroxylation sites is 1. The smallest absolute Gasteiger partial charge is 0.220 e. The van der Waals surface area contributed by atoms with Crippen LogP contribution in [0.3, 0.4) is 0 Å². The van der Waals surface area contributed by atoms with Gasteiger partial charge in [-0.3, -0.25) is 4.79 Å². The van der Waals surface area contributed by atoms with E-state index >= 15 is 0 Å². The third-order valence-electron chi connectivity index (χ3n) is 4.16. The molecular weight excluding hydrogens is 312 g/mol. The molecule has 0 bridgehead atoms. The zero-order valence-electron chi connectivity index (χ0n) is 13.1. The molecule has 1 aromatic heterocycles. The summed E-state index contributed by atoms with van der Waals surface area (Å²) in [4.78, 5) is 12.0. The van der Waals surface area contributed by atoms with Crippen LogP contribution < -0.4 is 10.6 Å². The minimum absolute atomic E-state index is 0. The van der Waals surface area contributed by atoms with Gasteiger partial charge in [-0.2, -0.15) is 5.10 Å². The van der Waals surface area contributed by atoms with Crippen LogP contribution in [-0.2, 0) is 11.3 Å². The molecule has 1 aliphatic heterocycles. The number of carbonyl (C=O) groups is 1. The van der Waals surface area contributed by atoms with E-state index in [2.05, 4.69) is 15.7 Å². The number of benzene rings is 1. The first kappa shape index (κ1) is 17.5. The molecule has 5 nitrogen and oxygen atoms in total. The highest BCUT2D eigenvalue weighted by molar-refractivity contribution is 5.85. The van der Waals surface area contributed by atoms with E-state index in [0.29, 0.717) is 18.9 Å². The van der Waals surface area contributed by atoms with Crippen LogP contribution >= 0.6 is 12.4 Å². The molecule has 2 aromatic rings. The summed E-state index contributed by atoms with van der Waals surface area (Å²) in [6, 6.07) is 9.90. The molecule has 23 heavy (non-hydrogen) atoms. The number of amides is 1. The average Bonchev–Trinajstić information content (AvgIpc) is 3.24. The molecule has 1 unspecified atom stereocenters. The number of nitrogens with one attached hydrogen (secondary N) is 2. The highest BCUT2D eigenvalue weighted by Crippen LogP contribution is 2.15. The van der Waals surface area contributed by atoms with Crippen LogP contribution in [0.4, 0.5) is 0 Å². The second kappa shape index (κ2) is 8.70. The fourth-order valence-corrected chi connectivity index (χ4v) is 2.87. The van der Waals surface area contributed by atoms with Crippen LogP contribution in [0.15, 0.2) is 42.7 Å². The Hall–Kier alpha value is -1.85. The van der Waals surface area contributed by atoms with Crippen molar-refractivity contribution in [1.82, 2.24) is 20.4 Å². The van der Waals surface area contributed by atoms with Gasteiger partial charge in [0.15, 0.2) is 0 Å². The fraction of sp³-hybridized carbons (Fsp3) is 0.412. The minimum atomic E-state index is 0. The standard InChI is InChI=1S/C17H22N4O.ClH/c22-17(7-6-14-8-10-18-12-14)19-13-15-4-1-2-5-16(15)21-11-3-9-20-21;/h1-5,9,11,14,18H,6-8,10,12-13H2,(H,19,22);1H. The van der Waals surface area contributed by atoms with Gasteiger partial charge in [0, 0.05) is 25.4 Å². The Bertz CT molecular complexity index is 609. The van der Waals surface area contributed by atoms with E-state index in [-0.39, 0.29) is 18.3 Å². The molecular formula is C17H23ClN4O. The maximum absolute atomic E-state index is 12.0. The SMILES string of the molecule is Cl.O=C(CCC1CCNC1)NCc1ccccc1-n1cccn1. The van der Waals surface area contributed by atoms with Gasteiger partial charge in [-0.05, 0) is 49.5 Å². The summed E-state index contributed by atoms with van der Waals surface area (Å²) < 4.78 is 1.83. The van der Waals surface area contributed by atoms with Crippen molar-refractivity contribution in [3.63, 3.8) is 0 Å². The predicted octanol–water partition coefficient (Wildman–Crippen LogP) is 2.30. The molecule has 1 amide bonds. The van der Waals surface area contributed by atoms with Gasteiger partial charge in [0.1, 0.15) is 0 Å². The molecule has 6 heteroatoms. The van der Waals surface area contributed by atoms with Gasteiger partial charge < -0.3 is 10.6 Å². The van der Waals surface area contributed by atoms with Gasteiger partial charge in [-0.1, -0.05) is 18.2 Å². The van der Waals surface area contributed by atoms with Crippen LogP contribution in [0.5, 0.6) is 0 Å². The van der Waals surface area contributed by atoms with Gasteiger partial charge in [0.05, 0.1) is 5.69 Å². The summed E-state index contributed by atoms with van der Waals surface area (Å²) in [6.45, 7) is 2.68. The molecule has 1 fully saturated rings. The number of aromatic nitrogens is 2. The highest BCUT2D eigenvalue weighted by Gasteiger charge is 2.15. The number of rotatable bonds is 6. The van der Waals surface area contributed by atoms with Gasteiger partial charge in [0.2, 0.25) is 5.91 Å². The van der Waals surface area contributed by atoms with Crippen molar-refractivity contribution in [3.8, 4) is 5.69 Å². The largest absolute Gasteiger partial charge is 0.352 e. The number of hydrogen-bond acceptors (Lipinski definition) is 3. The van der Waals surface area contributed by atoms with E-state index in [0.717, 1.165) is 30.8 Å². The predicted molar refractivity (Wildman–Crippen MR) is 92.9 cm³/mol. The molecule has 0 saturated carbocycles. The minimum Gasteiger partial charge on any atom is -0.352 e. The van der Waals surface area contributed by atoms with Gasteiger partial charge in [-0.25, -0.2) is 4.68 Å². The van der Waals surface area contributed by atoms with Crippen LogP contribution in [0.1, 0.15) is 24.8 Å². The molecule has 1 aliphatic rings. The summed E-state index contributed by atoms with van der Waals surface area (Å²) in [5.74, 6) is 0.782. The van der Waals surface area contributed by atoms with Crippen molar-refractivity contribution >= 4 is 18.3 Å². The van der Waals surface area contributed by atoms with E-state index in [9.17, 15) is 4.79 Å². The maximum Gasteiger partial charge on any atom is 0.220 e. The van der Waals surface area contributed by atoms with Gasteiger partial charge >= 0.3 is 0 Å². The van der Waals surface area contributed by atoms with Crippen LogP contribution in [0.25, 0.3) is 5.69 Å². The zero-order valence-corrected chi connectivity index (χ0v) is 13.9. The molecule has 1 aromatic carbocycles. The van der Waals surface area contributed by atoms with Gasteiger partial charge in [0.25, 0.3) is 0 Å². The molecule has 0 spiro atoms. The number of nitrogens with zero attached hydrogens (tertiary/aromatic N) is 2. The monoisotopic (exact) mass is 334 g/mol. The first-order chi connectivity index (χ1) is 10.8. The molecule has 0 radical (unpaired) electrons. The second-order valence-electron chi connectivity index (χ2n) is 5.75. The lowest BCUT2D eigenvalue weighted by Crippen LogP contribution is -2.24. The Balaban J connectivity index is 0.00000192. The second-order valence-corrected chi connectivity index (χ2v) is 5.75. The molecule has 1 atom stereocenters. The Kier molecular flexibility index (Phi) is 6.62. The van der Waals surface area contributed by atoms with E-state index < -0.39 is 0 Å². The molecule has 1 saturated heterocycles. The van der Waals surface area contributed by atoms with Crippen LogP contribution in [0.2, 0.25) is 0 Å². The van der Waals surface area contributed by atoms with Crippen LogP contribution in [-0.4, -0.2) is 28.8 Å². The molecule has 124 valence electrons. The normalized spacial score (nSPS) is 16.8. The van der Waals surface area contributed by atoms with Crippen molar-refractivity contribution in [2.24, 2.45) is 5.92 Å². The number of hydrogen-bond donors (Lipinski definition) is 2. The van der Waals surface area contributed by atoms with Crippen molar-refractivity contribution in [1.29, 1.82) is 0 Å². The molecule has 2 N–H and O–H groups in total. The maximum atomic E-state index is 12.0. The Morgan fingerprint density at radius 3 is 2.96 bits per heavy atom. The van der Waals surface area contributed by atoms with E-state index in [1.165, 1.54) is 6.42 Å². The Morgan fingerprint density at radius 2 is 2.22 bits per heavy atom. The lowest BCUT2D eigenvalue weighted by molar-refractivity contribution is -0.121. The lowest BCUT2D eigenvalue weighted by atomic mass is 10.0. The number of carbonyl (C=O) groups excluding carboxylic acids is 1. The van der Waals surface area contributed by atoms with E-state index in [1.54, 1.807) is 6.20 Å². The molecule has 2 heterocycles. The Labute approximate surface area is 142 Å². The fourth-order valence-electron chi connectivity index (χ4n) is 2.87. The third-order valence-corrected chi connectivity index (χ3v) is 4.16. The molecule has 3 rings (SSSR count). The van der Waals surface area contributed by atoms with Crippen molar-refractivity contribution in [2.75, 3.05) is 13.1 Å². The number of halogens is 1. The quantitative estimate of drug-likeness (QED) is 0.852.